The Kier molecular flexibility index (Phi) is 4.22. The first-order chi connectivity index (χ1) is 16.4. The molecule has 6 rings (SSSR count). The van der Waals surface area contributed by atoms with Crippen LogP contribution in [0.4, 0.5) is 5.69 Å². The van der Waals surface area contributed by atoms with E-state index in [4.69, 9.17) is 11.0 Å². The highest BCUT2D eigenvalue weighted by Crippen LogP contribution is 2.53. The third-order valence-corrected chi connectivity index (χ3v) is 6.98. The molecule has 0 fully saturated rings. The number of benzene rings is 4. The van der Waals surface area contributed by atoms with E-state index in [2.05, 4.69) is 68.1 Å². The predicted octanol–water partition coefficient (Wildman–Crippen LogP) is 8.47. The van der Waals surface area contributed by atoms with E-state index in [0.29, 0.717) is 11.3 Å². The summed E-state index contributed by atoms with van der Waals surface area (Å²) in [7, 11) is 0. The zero-order valence-electron chi connectivity index (χ0n) is 19.3. The van der Waals surface area contributed by atoms with E-state index < -0.39 is 0 Å². The first kappa shape index (κ1) is 20.3. The average Bonchev–Trinajstić information content (AvgIpc) is 3.38. The standard InChI is InChI=1S/C31H22N2O/c1-31(2,3)20-10-11-22-25(16-20)29-24(28(22)18-9-14-26(33-4)19(15-18)17-32)13-12-23-21-7-5-6-8-27(21)34-30(23)29/h5-16,28H,1-3H3. The topological polar surface area (TPSA) is 41.3 Å². The van der Waals surface area contributed by atoms with Gasteiger partial charge in [-0.25, -0.2) is 4.85 Å². The van der Waals surface area contributed by atoms with Gasteiger partial charge in [-0.05, 0) is 39.3 Å². The monoisotopic (exact) mass is 438 g/mol. The molecule has 0 aliphatic heterocycles. The molecule has 1 atom stereocenters. The molecule has 34 heavy (non-hydrogen) atoms. The van der Waals surface area contributed by atoms with Gasteiger partial charge in [-0.1, -0.05) is 87.5 Å². The average molecular weight is 439 g/mol. The SMILES string of the molecule is [C-]#[N+]c1ccc(C2c3ccc(C(C)(C)C)cc3-c3c2ccc2c3oc3ccccc32)cc1C#N. The molecule has 1 heterocycles. The molecule has 0 spiro atoms. The third-order valence-electron chi connectivity index (χ3n) is 6.98. The molecular formula is C31H22N2O. The lowest BCUT2D eigenvalue weighted by Gasteiger charge is -2.21. The summed E-state index contributed by atoms with van der Waals surface area (Å²) in [5, 5.41) is 11.9. The highest BCUT2D eigenvalue weighted by Gasteiger charge is 2.34. The van der Waals surface area contributed by atoms with Crippen molar-refractivity contribution >= 4 is 27.6 Å². The number of nitriles is 1. The summed E-state index contributed by atoms with van der Waals surface area (Å²) in [6.07, 6.45) is 0. The fraction of sp³-hybridized carbons (Fsp3) is 0.161. The second-order valence-electron chi connectivity index (χ2n) is 9.99. The summed E-state index contributed by atoms with van der Waals surface area (Å²) in [4.78, 5) is 3.51. The Morgan fingerprint density at radius 3 is 2.47 bits per heavy atom. The number of furan rings is 1. The molecule has 4 aromatic carbocycles. The minimum atomic E-state index is -0.0245. The highest BCUT2D eigenvalue weighted by molar-refractivity contribution is 6.11. The van der Waals surface area contributed by atoms with E-state index in [-0.39, 0.29) is 11.3 Å². The van der Waals surface area contributed by atoms with Crippen molar-refractivity contribution in [2.45, 2.75) is 32.1 Å². The molecule has 0 saturated heterocycles. The Balaban J connectivity index is 1.70. The zero-order chi connectivity index (χ0) is 23.6. The zero-order valence-corrected chi connectivity index (χ0v) is 19.3. The van der Waals surface area contributed by atoms with Crippen LogP contribution in [0.5, 0.6) is 0 Å². The first-order valence-corrected chi connectivity index (χ1v) is 11.4. The van der Waals surface area contributed by atoms with Crippen molar-refractivity contribution in [1.29, 1.82) is 5.26 Å². The maximum absolute atomic E-state index is 9.65. The summed E-state index contributed by atoms with van der Waals surface area (Å²) in [5.41, 5.74) is 9.59. The number of hydrogen-bond donors (Lipinski definition) is 0. The largest absolute Gasteiger partial charge is 0.455 e. The Morgan fingerprint density at radius 2 is 1.71 bits per heavy atom. The van der Waals surface area contributed by atoms with Crippen LogP contribution in [0.3, 0.4) is 0 Å². The lowest BCUT2D eigenvalue weighted by Crippen LogP contribution is -2.11. The van der Waals surface area contributed by atoms with Crippen LogP contribution in [0.25, 0.3) is 37.9 Å². The maximum Gasteiger partial charge on any atom is 0.204 e. The van der Waals surface area contributed by atoms with Gasteiger partial charge in [0.25, 0.3) is 0 Å². The number of para-hydroxylation sites is 1. The van der Waals surface area contributed by atoms with Gasteiger partial charge in [-0.3, -0.25) is 0 Å². The quantitative estimate of drug-likeness (QED) is 0.242. The molecule has 0 amide bonds. The van der Waals surface area contributed by atoms with Crippen molar-refractivity contribution in [1.82, 2.24) is 0 Å². The summed E-state index contributed by atoms with van der Waals surface area (Å²) in [6, 6.07) is 27.1. The van der Waals surface area contributed by atoms with Crippen molar-refractivity contribution < 1.29 is 4.42 Å². The molecule has 1 aliphatic carbocycles. The fourth-order valence-corrected chi connectivity index (χ4v) is 5.26. The Labute approximate surface area is 198 Å². The molecule has 0 saturated carbocycles. The lowest BCUT2D eigenvalue weighted by molar-refractivity contribution is 0.590. The van der Waals surface area contributed by atoms with Crippen molar-refractivity contribution in [3.63, 3.8) is 0 Å². The van der Waals surface area contributed by atoms with Crippen LogP contribution in [-0.2, 0) is 5.41 Å². The van der Waals surface area contributed by atoms with E-state index in [9.17, 15) is 5.26 Å². The fourth-order valence-electron chi connectivity index (χ4n) is 5.26. The van der Waals surface area contributed by atoms with Crippen LogP contribution >= 0.6 is 0 Å². The molecule has 162 valence electrons. The Hall–Kier alpha value is -4.34. The summed E-state index contributed by atoms with van der Waals surface area (Å²) in [5.74, 6) is -0.0245. The van der Waals surface area contributed by atoms with Gasteiger partial charge in [-0.2, -0.15) is 5.26 Å². The molecule has 0 N–H and O–H groups in total. The van der Waals surface area contributed by atoms with Crippen LogP contribution < -0.4 is 0 Å². The van der Waals surface area contributed by atoms with Crippen LogP contribution in [0.15, 0.2) is 77.2 Å². The molecule has 3 nitrogen and oxygen atoms in total. The van der Waals surface area contributed by atoms with Gasteiger partial charge in [0.05, 0.1) is 18.2 Å². The van der Waals surface area contributed by atoms with Crippen molar-refractivity contribution in [3.8, 4) is 17.2 Å². The second kappa shape index (κ2) is 7.08. The van der Waals surface area contributed by atoms with Gasteiger partial charge in [0.2, 0.25) is 5.69 Å². The minimum Gasteiger partial charge on any atom is -0.455 e. The number of nitrogens with zero attached hydrogens (tertiary/aromatic N) is 2. The number of fused-ring (bicyclic) bond motifs is 7. The summed E-state index contributed by atoms with van der Waals surface area (Å²) < 4.78 is 6.45. The van der Waals surface area contributed by atoms with Crippen LogP contribution in [0.1, 0.15) is 54.5 Å². The normalized spacial score (nSPS) is 14.6. The molecule has 0 radical (unpaired) electrons. The number of rotatable bonds is 1. The van der Waals surface area contributed by atoms with Gasteiger partial charge < -0.3 is 4.42 Å². The molecule has 1 unspecified atom stereocenters. The molecule has 5 aromatic rings. The summed E-state index contributed by atoms with van der Waals surface area (Å²) in [6.45, 7) is 14.1. The van der Waals surface area contributed by atoms with Crippen LogP contribution in [-0.4, -0.2) is 0 Å². The highest BCUT2D eigenvalue weighted by atomic mass is 16.3. The van der Waals surface area contributed by atoms with Gasteiger partial charge >= 0.3 is 0 Å². The number of hydrogen-bond acceptors (Lipinski definition) is 2. The van der Waals surface area contributed by atoms with Crippen molar-refractivity contribution in [2.75, 3.05) is 0 Å². The van der Waals surface area contributed by atoms with E-state index in [1.54, 1.807) is 6.07 Å². The molecule has 3 heteroatoms. The van der Waals surface area contributed by atoms with Gasteiger partial charge in [0, 0.05) is 22.3 Å². The van der Waals surface area contributed by atoms with Gasteiger partial charge in [0.1, 0.15) is 11.2 Å². The predicted molar refractivity (Wildman–Crippen MR) is 136 cm³/mol. The van der Waals surface area contributed by atoms with Gasteiger partial charge in [-0.15, -0.1) is 0 Å². The Morgan fingerprint density at radius 1 is 0.912 bits per heavy atom. The van der Waals surface area contributed by atoms with E-state index >= 15 is 0 Å². The molecule has 1 aliphatic rings. The first-order valence-electron chi connectivity index (χ1n) is 11.4. The van der Waals surface area contributed by atoms with Gasteiger partial charge in [0.15, 0.2) is 0 Å². The third kappa shape index (κ3) is 2.81. The summed E-state index contributed by atoms with van der Waals surface area (Å²) >= 11 is 0. The molecule has 0 bridgehead atoms. The smallest absolute Gasteiger partial charge is 0.204 e. The van der Waals surface area contributed by atoms with E-state index in [1.807, 2.05) is 30.3 Å². The lowest BCUT2D eigenvalue weighted by atomic mass is 9.83. The molecule has 1 aromatic heterocycles. The second-order valence-corrected chi connectivity index (χ2v) is 9.99. The molecular weight excluding hydrogens is 416 g/mol. The van der Waals surface area contributed by atoms with E-state index in [1.165, 1.54) is 22.3 Å². The maximum atomic E-state index is 9.65. The van der Waals surface area contributed by atoms with E-state index in [0.717, 1.165) is 33.1 Å². The van der Waals surface area contributed by atoms with Crippen LogP contribution in [0, 0.1) is 17.9 Å². The van der Waals surface area contributed by atoms with Crippen LogP contribution in [0.2, 0.25) is 0 Å². The minimum absolute atomic E-state index is 0.0142. The van der Waals surface area contributed by atoms with Crippen molar-refractivity contribution in [2.24, 2.45) is 0 Å². The van der Waals surface area contributed by atoms with Crippen molar-refractivity contribution in [3.05, 3.63) is 112 Å². The Bertz CT molecular complexity index is 1720.